The molecule has 0 N–H and O–H groups in total. The minimum absolute atomic E-state index is 0.0730. The molecule has 4 heteroatoms. The highest BCUT2D eigenvalue weighted by molar-refractivity contribution is 6.40. The highest BCUT2D eigenvalue weighted by atomic mass is 35.5. The van der Waals surface area contributed by atoms with E-state index in [2.05, 4.69) is 0 Å². The van der Waals surface area contributed by atoms with E-state index in [1.54, 1.807) is 25.3 Å². The van der Waals surface area contributed by atoms with Crippen molar-refractivity contribution in [2.45, 2.75) is 20.0 Å². The van der Waals surface area contributed by atoms with Crippen molar-refractivity contribution < 1.29 is 14.3 Å². The van der Waals surface area contributed by atoms with Crippen molar-refractivity contribution in [3.63, 3.8) is 0 Å². The molecule has 0 bridgehead atoms. The molecule has 0 aliphatic carbocycles. The Hall–Kier alpha value is -1.48. The van der Waals surface area contributed by atoms with Gasteiger partial charge in [-0.3, -0.25) is 4.79 Å². The summed E-state index contributed by atoms with van der Waals surface area (Å²) >= 11 is 5.64. The molecule has 0 amide bonds. The monoisotopic (exact) mass is 254 g/mol. The van der Waals surface area contributed by atoms with E-state index in [0.29, 0.717) is 17.8 Å². The van der Waals surface area contributed by atoms with Crippen LogP contribution in [0, 0.1) is 0 Å². The van der Waals surface area contributed by atoms with Gasteiger partial charge < -0.3 is 9.47 Å². The molecule has 3 nitrogen and oxygen atoms in total. The minimum atomic E-state index is 0.0730. The number of ether oxygens (including phenoxy) is 2. The number of methoxy groups -OCH3 is 1. The van der Waals surface area contributed by atoms with Gasteiger partial charge in [-0.1, -0.05) is 17.7 Å². The van der Waals surface area contributed by atoms with Crippen molar-refractivity contribution in [2.75, 3.05) is 7.11 Å². The number of allylic oxidation sites excluding steroid dienone is 1. The van der Waals surface area contributed by atoms with Gasteiger partial charge in [0.2, 0.25) is 0 Å². The molecule has 1 aromatic rings. The van der Waals surface area contributed by atoms with Crippen LogP contribution in [0.4, 0.5) is 0 Å². The summed E-state index contributed by atoms with van der Waals surface area (Å²) in [6.45, 7) is 3.88. The van der Waals surface area contributed by atoms with Crippen molar-refractivity contribution in [2.24, 2.45) is 0 Å². The molecule has 0 spiro atoms. The fourth-order valence-electron chi connectivity index (χ4n) is 1.32. The predicted octanol–water partition coefficient (Wildman–Crippen LogP) is 3.26. The summed E-state index contributed by atoms with van der Waals surface area (Å²) in [6, 6.07) is 5.37. The average Bonchev–Trinajstić information content (AvgIpc) is 2.30. The Balaban J connectivity index is 3.04. The Morgan fingerprint density at radius 1 is 1.35 bits per heavy atom. The Labute approximate surface area is 106 Å². The summed E-state index contributed by atoms with van der Waals surface area (Å²) in [5.74, 6) is 1.28. The zero-order chi connectivity index (χ0) is 12.8. The lowest BCUT2D eigenvalue weighted by atomic mass is 10.2. The molecule has 0 aromatic heterocycles. The van der Waals surface area contributed by atoms with Gasteiger partial charge in [0.25, 0.3) is 0 Å². The summed E-state index contributed by atoms with van der Waals surface area (Å²) in [5.41, 5.74) is 0.787. The third kappa shape index (κ3) is 4.11. The zero-order valence-corrected chi connectivity index (χ0v) is 10.8. The Morgan fingerprint density at radius 3 is 2.59 bits per heavy atom. The van der Waals surface area contributed by atoms with E-state index in [0.717, 1.165) is 5.56 Å². The molecule has 0 saturated carbocycles. The van der Waals surface area contributed by atoms with Crippen molar-refractivity contribution in [3.8, 4) is 11.5 Å². The summed E-state index contributed by atoms with van der Waals surface area (Å²) in [7, 11) is 1.57. The molecule has 1 rings (SSSR count). The van der Waals surface area contributed by atoms with Crippen LogP contribution in [0.1, 0.15) is 19.4 Å². The van der Waals surface area contributed by atoms with Crippen LogP contribution < -0.4 is 9.47 Å². The molecular formula is C13H15ClO3. The molecule has 92 valence electrons. The lowest BCUT2D eigenvalue weighted by Gasteiger charge is -2.13. The van der Waals surface area contributed by atoms with E-state index < -0.39 is 0 Å². The number of carbonyl (C=O) groups excluding carboxylic acids is 1. The molecule has 17 heavy (non-hydrogen) atoms. The first-order valence-corrected chi connectivity index (χ1v) is 5.61. The van der Waals surface area contributed by atoms with E-state index in [1.807, 2.05) is 19.9 Å². The van der Waals surface area contributed by atoms with Gasteiger partial charge in [0, 0.05) is 0 Å². The smallest absolute Gasteiger partial charge is 0.161 e. The lowest BCUT2D eigenvalue weighted by Crippen LogP contribution is -2.06. The first kappa shape index (κ1) is 13.6. The largest absolute Gasteiger partial charge is 0.493 e. The van der Waals surface area contributed by atoms with E-state index in [4.69, 9.17) is 21.1 Å². The van der Waals surface area contributed by atoms with Crippen molar-refractivity contribution in [3.05, 3.63) is 28.8 Å². The fourth-order valence-corrected chi connectivity index (χ4v) is 1.44. The topological polar surface area (TPSA) is 35.5 Å². The van der Waals surface area contributed by atoms with E-state index in [-0.39, 0.29) is 11.1 Å². The number of hydrogen-bond donors (Lipinski definition) is 0. The number of halogens is 1. The molecule has 1 aromatic carbocycles. The summed E-state index contributed by atoms with van der Waals surface area (Å²) in [5, 5.41) is 0.143. The van der Waals surface area contributed by atoms with Crippen LogP contribution in [0.5, 0.6) is 11.5 Å². The highest BCUT2D eigenvalue weighted by Crippen LogP contribution is 2.29. The molecule has 0 aliphatic rings. The maximum absolute atomic E-state index is 10.4. The lowest BCUT2D eigenvalue weighted by molar-refractivity contribution is -0.104. The normalized spacial score (nSPS) is 11.5. The second-order valence-electron chi connectivity index (χ2n) is 3.72. The van der Waals surface area contributed by atoms with Gasteiger partial charge in [0.05, 0.1) is 18.2 Å². The van der Waals surface area contributed by atoms with Crippen LogP contribution in [0.25, 0.3) is 6.08 Å². The molecule has 0 saturated heterocycles. The van der Waals surface area contributed by atoms with Gasteiger partial charge >= 0.3 is 0 Å². The molecule has 0 heterocycles. The number of hydrogen-bond acceptors (Lipinski definition) is 3. The quantitative estimate of drug-likeness (QED) is 0.598. The third-order valence-corrected chi connectivity index (χ3v) is 2.17. The van der Waals surface area contributed by atoms with Gasteiger partial charge in [-0.05, 0) is 37.6 Å². The van der Waals surface area contributed by atoms with Crippen LogP contribution >= 0.6 is 11.6 Å². The maximum atomic E-state index is 10.4. The van der Waals surface area contributed by atoms with E-state index in [1.165, 1.54) is 0 Å². The molecule has 0 unspecified atom stereocenters. The van der Waals surface area contributed by atoms with Crippen LogP contribution in [0.15, 0.2) is 23.2 Å². The van der Waals surface area contributed by atoms with Gasteiger partial charge in [-0.15, -0.1) is 0 Å². The first-order chi connectivity index (χ1) is 8.06. The molecule has 0 radical (unpaired) electrons. The van der Waals surface area contributed by atoms with Gasteiger partial charge in [-0.25, -0.2) is 0 Å². The first-order valence-electron chi connectivity index (χ1n) is 5.24. The molecule has 0 aliphatic heterocycles. The highest BCUT2D eigenvalue weighted by Gasteiger charge is 2.06. The van der Waals surface area contributed by atoms with Crippen LogP contribution in [0.2, 0.25) is 0 Å². The predicted molar refractivity (Wildman–Crippen MR) is 68.7 cm³/mol. The second kappa shape index (κ2) is 6.30. The van der Waals surface area contributed by atoms with Gasteiger partial charge in [-0.2, -0.15) is 0 Å². The second-order valence-corrected chi connectivity index (χ2v) is 4.16. The Bertz CT molecular complexity index is 425. The van der Waals surface area contributed by atoms with E-state index in [9.17, 15) is 4.79 Å². The summed E-state index contributed by atoms with van der Waals surface area (Å²) in [6.07, 6.45) is 2.23. The minimum Gasteiger partial charge on any atom is -0.493 e. The fraction of sp³-hybridized carbons (Fsp3) is 0.308. The van der Waals surface area contributed by atoms with Crippen LogP contribution in [0.3, 0.4) is 0 Å². The third-order valence-electron chi connectivity index (χ3n) is 1.97. The number of aldehydes is 1. The van der Waals surface area contributed by atoms with Crippen molar-refractivity contribution in [1.29, 1.82) is 0 Å². The Morgan fingerprint density at radius 2 is 2.06 bits per heavy atom. The molecule has 0 atom stereocenters. The van der Waals surface area contributed by atoms with Crippen LogP contribution in [-0.2, 0) is 4.79 Å². The summed E-state index contributed by atoms with van der Waals surface area (Å²) in [4.78, 5) is 10.4. The number of rotatable bonds is 5. The molecule has 0 fully saturated rings. The van der Waals surface area contributed by atoms with Gasteiger partial charge in [0.1, 0.15) is 0 Å². The average molecular weight is 255 g/mol. The standard InChI is InChI=1S/C13H15ClO3/c1-9(2)17-12-5-4-10(6-11(14)8-15)7-13(12)16-3/h4-9H,1-3H3/b11-6+. The SMILES string of the molecule is COc1cc(/C=C(/Cl)C=O)ccc1OC(C)C. The summed E-state index contributed by atoms with van der Waals surface area (Å²) < 4.78 is 10.8. The maximum Gasteiger partial charge on any atom is 0.161 e. The van der Waals surface area contributed by atoms with Crippen LogP contribution in [-0.4, -0.2) is 19.5 Å². The molecular weight excluding hydrogens is 240 g/mol. The number of carbonyl (C=O) groups is 1. The van der Waals surface area contributed by atoms with Crippen molar-refractivity contribution >= 4 is 24.0 Å². The Kier molecular flexibility index (Phi) is 5.04. The van der Waals surface area contributed by atoms with Crippen molar-refractivity contribution in [1.82, 2.24) is 0 Å². The number of benzene rings is 1. The van der Waals surface area contributed by atoms with E-state index >= 15 is 0 Å². The van der Waals surface area contributed by atoms with Gasteiger partial charge in [0.15, 0.2) is 17.8 Å². The zero-order valence-electron chi connectivity index (χ0n) is 10.1.